The van der Waals surface area contributed by atoms with Crippen molar-refractivity contribution in [1.82, 2.24) is 9.88 Å². The Hall–Kier alpha value is -1.48. The van der Waals surface area contributed by atoms with E-state index in [9.17, 15) is 18.0 Å². The van der Waals surface area contributed by atoms with E-state index in [-0.39, 0.29) is 30.2 Å². The molecule has 2 heterocycles. The van der Waals surface area contributed by atoms with E-state index < -0.39 is 27.8 Å². The maximum absolute atomic E-state index is 12.1. The fourth-order valence-electron chi connectivity index (χ4n) is 1.99. The van der Waals surface area contributed by atoms with E-state index in [0.29, 0.717) is 0 Å². The molecule has 1 atom stereocenters. The van der Waals surface area contributed by atoms with Gasteiger partial charge < -0.3 is 10.0 Å². The Bertz CT molecular complexity index is 581. The van der Waals surface area contributed by atoms with Gasteiger partial charge in [0.25, 0.3) is 5.91 Å². The Balaban J connectivity index is 2.22. The van der Waals surface area contributed by atoms with Crippen LogP contribution in [0.15, 0.2) is 10.9 Å². The van der Waals surface area contributed by atoms with Gasteiger partial charge >= 0.3 is 5.97 Å². The van der Waals surface area contributed by atoms with Gasteiger partial charge in [-0.1, -0.05) is 0 Å². The molecule has 9 heteroatoms. The van der Waals surface area contributed by atoms with Crippen LogP contribution < -0.4 is 0 Å². The number of hydrogen-bond donors (Lipinski definition) is 1. The molecule has 1 saturated heterocycles. The highest BCUT2D eigenvalue weighted by molar-refractivity contribution is 7.91. The molecule has 1 amide bonds. The number of carbonyl (C=O) groups is 2. The number of thiazole rings is 1. The second kappa shape index (κ2) is 5.25. The van der Waals surface area contributed by atoms with Crippen LogP contribution in [0.2, 0.25) is 0 Å². The third-order valence-corrected chi connectivity index (χ3v) is 5.14. The molecule has 1 aromatic rings. The number of aromatic nitrogens is 1. The summed E-state index contributed by atoms with van der Waals surface area (Å²) in [5.41, 5.74) is 1.72. The highest BCUT2D eigenvalue weighted by Gasteiger charge is 2.36. The molecule has 0 bridgehead atoms. The van der Waals surface area contributed by atoms with Crippen molar-refractivity contribution in [1.29, 1.82) is 0 Å². The first-order valence-electron chi connectivity index (χ1n) is 5.50. The minimum Gasteiger partial charge on any atom is -0.481 e. The summed E-state index contributed by atoms with van der Waals surface area (Å²) >= 11 is 1.25. The second-order valence-electron chi connectivity index (χ2n) is 4.24. The van der Waals surface area contributed by atoms with E-state index in [1.165, 1.54) is 21.7 Å². The summed E-state index contributed by atoms with van der Waals surface area (Å²) < 4.78 is 23.1. The molecule has 0 radical (unpaired) electrons. The van der Waals surface area contributed by atoms with Crippen LogP contribution >= 0.6 is 11.3 Å². The van der Waals surface area contributed by atoms with Crippen molar-refractivity contribution >= 4 is 33.1 Å². The highest BCUT2D eigenvalue weighted by atomic mass is 32.2. The van der Waals surface area contributed by atoms with Crippen LogP contribution in [0.3, 0.4) is 0 Å². The van der Waals surface area contributed by atoms with Crippen molar-refractivity contribution < 1.29 is 23.1 Å². The Morgan fingerprint density at radius 3 is 2.84 bits per heavy atom. The summed E-state index contributed by atoms with van der Waals surface area (Å²) in [6.07, 6.45) is -0.380. The molecule has 1 N–H and O–H groups in total. The van der Waals surface area contributed by atoms with Crippen LogP contribution in [-0.2, 0) is 14.6 Å². The van der Waals surface area contributed by atoms with Gasteiger partial charge in [-0.3, -0.25) is 9.59 Å². The molecule has 1 fully saturated rings. The lowest BCUT2D eigenvalue weighted by Gasteiger charge is -2.34. The third-order valence-electron chi connectivity index (χ3n) is 2.85. The largest absolute Gasteiger partial charge is 0.481 e. The van der Waals surface area contributed by atoms with Crippen LogP contribution in [0, 0.1) is 0 Å². The SMILES string of the molecule is O=C(O)CC1CS(=O)(=O)CCN1C(=O)c1cscn1. The maximum atomic E-state index is 12.1. The lowest BCUT2D eigenvalue weighted by Crippen LogP contribution is -2.52. The van der Waals surface area contributed by atoms with E-state index in [1.807, 2.05) is 0 Å². The van der Waals surface area contributed by atoms with Gasteiger partial charge in [-0.25, -0.2) is 13.4 Å². The van der Waals surface area contributed by atoms with Crippen molar-refractivity contribution in [3.05, 3.63) is 16.6 Å². The zero-order valence-electron chi connectivity index (χ0n) is 9.85. The number of aliphatic carboxylic acids is 1. The summed E-state index contributed by atoms with van der Waals surface area (Å²) in [6.45, 7) is 0.0106. The lowest BCUT2D eigenvalue weighted by molar-refractivity contribution is -0.138. The van der Waals surface area contributed by atoms with Crippen molar-refractivity contribution in [3.63, 3.8) is 0 Å². The smallest absolute Gasteiger partial charge is 0.305 e. The molecular weight excluding hydrogens is 292 g/mol. The molecule has 0 saturated carbocycles. The van der Waals surface area contributed by atoms with E-state index in [1.54, 1.807) is 5.38 Å². The molecule has 1 aliphatic rings. The lowest BCUT2D eigenvalue weighted by atomic mass is 10.2. The topological polar surface area (TPSA) is 105 Å². The number of carbonyl (C=O) groups excluding carboxylic acids is 1. The average Bonchev–Trinajstić information content (AvgIpc) is 2.79. The van der Waals surface area contributed by atoms with E-state index >= 15 is 0 Å². The molecule has 0 spiro atoms. The van der Waals surface area contributed by atoms with Crippen LogP contribution in [0.5, 0.6) is 0 Å². The van der Waals surface area contributed by atoms with Gasteiger partial charge in [0, 0.05) is 11.9 Å². The van der Waals surface area contributed by atoms with Crippen molar-refractivity contribution in [2.45, 2.75) is 12.5 Å². The van der Waals surface area contributed by atoms with E-state index in [2.05, 4.69) is 4.98 Å². The molecule has 0 aromatic carbocycles. The first-order chi connectivity index (χ1) is 8.89. The monoisotopic (exact) mass is 304 g/mol. The fraction of sp³-hybridized carbons (Fsp3) is 0.500. The average molecular weight is 304 g/mol. The molecule has 1 unspecified atom stereocenters. The molecule has 7 nitrogen and oxygen atoms in total. The van der Waals surface area contributed by atoms with Crippen LogP contribution in [0.25, 0.3) is 0 Å². The Labute approximate surface area is 113 Å². The summed E-state index contributed by atoms with van der Waals surface area (Å²) in [5.74, 6) is -1.99. The van der Waals surface area contributed by atoms with Crippen molar-refractivity contribution in [2.75, 3.05) is 18.1 Å². The Kier molecular flexibility index (Phi) is 3.85. The molecule has 104 valence electrons. The number of amides is 1. The number of nitrogens with zero attached hydrogens (tertiary/aromatic N) is 2. The number of carboxylic acid groups (broad SMARTS) is 1. The zero-order chi connectivity index (χ0) is 14.0. The highest BCUT2D eigenvalue weighted by Crippen LogP contribution is 2.18. The van der Waals surface area contributed by atoms with Gasteiger partial charge in [0.2, 0.25) is 0 Å². The van der Waals surface area contributed by atoms with E-state index in [0.717, 1.165) is 0 Å². The molecule has 2 rings (SSSR count). The Morgan fingerprint density at radius 1 is 1.53 bits per heavy atom. The first kappa shape index (κ1) is 13.9. The number of carboxylic acids is 1. The fourth-order valence-corrected chi connectivity index (χ4v) is 4.04. The van der Waals surface area contributed by atoms with E-state index in [4.69, 9.17) is 5.11 Å². The van der Waals surface area contributed by atoms with Crippen molar-refractivity contribution in [2.24, 2.45) is 0 Å². The minimum atomic E-state index is -3.29. The number of rotatable bonds is 3. The molecular formula is C10H12N2O5S2. The van der Waals surface area contributed by atoms with Crippen molar-refractivity contribution in [3.8, 4) is 0 Å². The molecule has 1 aliphatic heterocycles. The van der Waals surface area contributed by atoms with Gasteiger partial charge in [0.1, 0.15) is 5.69 Å². The van der Waals surface area contributed by atoms with Gasteiger partial charge in [-0.05, 0) is 0 Å². The minimum absolute atomic E-state index is 0.0106. The standard InChI is InChI=1S/C10H12N2O5S2/c13-9(14)3-7-5-19(16,17)2-1-12(7)10(15)8-4-18-6-11-8/h4,6-7H,1-3,5H2,(H,13,14). The number of sulfone groups is 1. The summed E-state index contributed by atoms with van der Waals surface area (Å²) in [4.78, 5) is 28.1. The predicted octanol–water partition coefficient (Wildman–Crippen LogP) is -0.143. The molecule has 1 aromatic heterocycles. The predicted molar refractivity (Wildman–Crippen MR) is 67.8 cm³/mol. The van der Waals surface area contributed by atoms with Gasteiger partial charge in [0.15, 0.2) is 9.84 Å². The van der Waals surface area contributed by atoms with Gasteiger partial charge in [0.05, 0.1) is 29.5 Å². The maximum Gasteiger partial charge on any atom is 0.305 e. The van der Waals surface area contributed by atoms with Crippen LogP contribution in [0.4, 0.5) is 0 Å². The summed E-state index contributed by atoms with van der Waals surface area (Å²) in [5, 5.41) is 10.4. The second-order valence-corrected chi connectivity index (χ2v) is 7.19. The normalized spacial score (nSPS) is 22.1. The number of hydrogen-bond acceptors (Lipinski definition) is 6. The van der Waals surface area contributed by atoms with Gasteiger partial charge in [-0.2, -0.15) is 0 Å². The third kappa shape index (κ3) is 3.29. The summed E-state index contributed by atoms with van der Waals surface area (Å²) in [6, 6.07) is -0.828. The quantitative estimate of drug-likeness (QED) is 0.833. The zero-order valence-corrected chi connectivity index (χ0v) is 11.5. The van der Waals surface area contributed by atoms with Crippen LogP contribution in [-0.4, -0.2) is 59.4 Å². The summed E-state index contributed by atoms with van der Waals surface area (Å²) in [7, 11) is -3.29. The van der Waals surface area contributed by atoms with Crippen LogP contribution in [0.1, 0.15) is 16.9 Å². The Morgan fingerprint density at radius 2 is 2.26 bits per heavy atom. The molecule has 19 heavy (non-hydrogen) atoms. The molecule has 0 aliphatic carbocycles. The van der Waals surface area contributed by atoms with Gasteiger partial charge in [-0.15, -0.1) is 11.3 Å². The first-order valence-corrected chi connectivity index (χ1v) is 8.27.